The van der Waals surface area contributed by atoms with Crippen LogP contribution in [-0.2, 0) is 11.2 Å². The van der Waals surface area contributed by atoms with E-state index in [1.54, 1.807) is 44.7 Å². The minimum absolute atomic E-state index is 0.120. The summed E-state index contributed by atoms with van der Waals surface area (Å²) in [7, 11) is 3.14. The third-order valence-corrected chi connectivity index (χ3v) is 5.30. The van der Waals surface area contributed by atoms with Gasteiger partial charge in [0.05, 0.1) is 31.5 Å². The number of ether oxygens (including phenoxy) is 3. The zero-order valence-corrected chi connectivity index (χ0v) is 18.0. The van der Waals surface area contributed by atoms with Crippen LogP contribution in [0.4, 0.5) is 5.13 Å². The summed E-state index contributed by atoms with van der Waals surface area (Å²) < 4.78 is 16.7. The van der Waals surface area contributed by atoms with Gasteiger partial charge in [0, 0.05) is 17.1 Å². The normalized spacial score (nSPS) is 10.7. The summed E-state index contributed by atoms with van der Waals surface area (Å²) in [5.74, 6) is 2.01. The van der Waals surface area contributed by atoms with Crippen molar-refractivity contribution in [3.63, 3.8) is 0 Å². The second-order valence-corrected chi connectivity index (χ2v) is 7.88. The molecule has 0 fully saturated rings. The van der Waals surface area contributed by atoms with Crippen LogP contribution in [-0.4, -0.2) is 35.1 Å². The molecule has 0 unspecified atom stereocenters. The number of rotatable bonds is 7. The van der Waals surface area contributed by atoms with Gasteiger partial charge in [-0.25, -0.2) is 15.0 Å². The van der Waals surface area contributed by atoms with Crippen molar-refractivity contribution in [1.82, 2.24) is 15.0 Å². The number of hydrogen-bond acceptors (Lipinski definition) is 8. The quantitative estimate of drug-likeness (QED) is 0.459. The minimum atomic E-state index is -0.120. The number of aromatic nitrogens is 3. The third-order valence-electron chi connectivity index (χ3n) is 4.47. The lowest BCUT2D eigenvalue weighted by Crippen LogP contribution is -2.14. The second-order valence-electron chi connectivity index (χ2n) is 6.65. The Kier molecular flexibility index (Phi) is 5.94. The first-order valence-corrected chi connectivity index (χ1v) is 10.2. The Morgan fingerprint density at radius 1 is 1.03 bits per heavy atom. The number of nitrogens with zero attached hydrogens (tertiary/aromatic N) is 3. The standard InChI is InChI=1S/C22H20N4O4S/c1-13-11-23-22(31-13)26-20(27)8-14-4-6-15(7-5-14)30-21-16-9-18(28-2)19(29-3)10-17(16)24-12-25-21/h4-7,9-12H,8H2,1-3H3,(H,23,26,27). The number of anilines is 1. The van der Waals surface area contributed by atoms with Gasteiger partial charge in [0.1, 0.15) is 12.1 Å². The number of methoxy groups -OCH3 is 2. The number of nitrogens with one attached hydrogen (secondary N) is 1. The van der Waals surface area contributed by atoms with Crippen molar-refractivity contribution in [2.24, 2.45) is 0 Å². The number of carbonyl (C=O) groups excluding carboxylic acids is 1. The number of benzene rings is 2. The lowest BCUT2D eigenvalue weighted by Gasteiger charge is -2.11. The van der Waals surface area contributed by atoms with Crippen molar-refractivity contribution in [2.75, 3.05) is 19.5 Å². The average Bonchev–Trinajstić information content (AvgIpc) is 3.18. The molecule has 0 aliphatic rings. The molecule has 9 heteroatoms. The lowest BCUT2D eigenvalue weighted by atomic mass is 10.1. The molecule has 158 valence electrons. The summed E-state index contributed by atoms with van der Waals surface area (Å²) >= 11 is 1.44. The minimum Gasteiger partial charge on any atom is -0.493 e. The van der Waals surface area contributed by atoms with Gasteiger partial charge in [-0.2, -0.15) is 0 Å². The summed E-state index contributed by atoms with van der Waals surface area (Å²) in [6, 6.07) is 10.8. The zero-order chi connectivity index (χ0) is 21.8. The highest BCUT2D eigenvalue weighted by atomic mass is 32.1. The van der Waals surface area contributed by atoms with E-state index in [0.717, 1.165) is 10.4 Å². The molecule has 31 heavy (non-hydrogen) atoms. The molecule has 1 N–H and O–H groups in total. The summed E-state index contributed by atoms with van der Waals surface area (Å²) in [6.45, 7) is 1.94. The molecule has 4 aromatic rings. The van der Waals surface area contributed by atoms with Gasteiger partial charge in [-0.3, -0.25) is 4.79 Å². The molecule has 0 saturated heterocycles. The second kappa shape index (κ2) is 8.97. The molecule has 0 bridgehead atoms. The van der Waals surface area contributed by atoms with Crippen LogP contribution in [0.5, 0.6) is 23.1 Å². The highest BCUT2D eigenvalue weighted by Crippen LogP contribution is 2.35. The Balaban J connectivity index is 1.48. The van der Waals surface area contributed by atoms with Gasteiger partial charge in [0.2, 0.25) is 11.8 Å². The number of amides is 1. The van der Waals surface area contributed by atoms with Crippen LogP contribution in [0.3, 0.4) is 0 Å². The summed E-state index contributed by atoms with van der Waals surface area (Å²) in [5, 5.41) is 4.10. The largest absolute Gasteiger partial charge is 0.493 e. The number of fused-ring (bicyclic) bond motifs is 1. The number of thiazole rings is 1. The van der Waals surface area contributed by atoms with Crippen molar-refractivity contribution in [2.45, 2.75) is 13.3 Å². The van der Waals surface area contributed by atoms with E-state index in [9.17, 15) is 4.79 Å². The molecule has 4 rings (SSSR count). The number of carbonyl (C=O) groups is 1. The van der Waals surface area contributed by atoms with Crippen LogP contribution in [0, 0.1) is 6.92 Å². The van der Waals surface area contributed by atoms with Crippen molar-refractivity contribution < 1.29 is 19.0 Å². The van der Waals surface area contributed by atoms with E-state index in [4.69, 9.17) is 14.2 Å². The molecule has 2 aromatic carbocycles. The van der Waals surface area contributed by atoms with Gasteiger partial charge in [-0.1, -0.05) is 12.1 Å². The SMILES string of the molecule is COc1cc2ncnc(Oc3ccc(CC(=O)Nc4ncc(C)s4)cc3)c2cc1OC. The number of hydrogen-bond donors (Lipinski definition) is 1. The lowest BCUT2D eigenvalue weighted by molar-refractivity contribution is -0.115. The van der Waals surface area contributed by atoms with Crippen LogP contribution in [0.1, 0.15) is 10.4 Å². The monoisotopic (exact) mass is 436 g/mol. The smallest absolute Gasteiger partial charge is 0.230 e. The molecule has 0 aliphatic heterocycles. The molecule has 2 heterocycles. The average molecular weight is 436 g/mol. The Labute approximate surface area is 182 Å². The first kappa shape index (κ1) is 20.5. The highest BCUT2D eigenvalue weighted by Gasteiger charge is 2.13. The van der Waals surface area contributed by atoms with E-state index < -0.39 is 0 Å². The van der Waals surface area contributed by atoms with Gasteiger partial charge in [-0.15, -0.1) is 11.3 Å². The molecule has 0 aliphatic carbocycles. The predicted molar refractivity (Wildman–Crippen MR) is 118 cm³/mol. The molecular weight excluding hydrogens is 416 g/mol. The molecular formula is C22H20N4O4S. The fraction of sp³-hybridized carbons (Fsp3) is 0.182. The fourth-order valence-electron chi connectivity index (χ4n) is 2.99. The maximum absolute atomic E-state index is 12.2. The molecule has 0 saturated carbocycles. The maximum atomic E-state index is 12.2. The van der Waals surface area contributed by atoms with E-state index in [2.05, 4.69) is 20.3 Å². The van der Waals surface area contributed by atoms with Crippen molar-refractivity contribution >= 4 is 33.3 Å². The maximum Gasteiger partial charge on any atom is 0.230 e. The van der Waals surface area contributed by atoms with E-state index in [0.29, 0.717) is 39.2 Å². The van der Waals surface area contributed by atoms with Gasteiger partial charge < -0.3 is 19.5 Å². The van der Waals surface area contributed by atoms with Crippen LogP contribution < -0.4 is 19.5 Å². The van der Waals surface area contributed by atoms with E-state index in [1.165, 1.54) is 17.7 Å². The van der Waals surface area contributed by atoms with Crippen LogP contribution in [0.15, 0.2) is 48.9 Å². The predicted octanol–water partition coefficient (Wildman–Crippen LogP) is 4.39. The first-order chi connectivity index (χ1) is 15.1. The fourth-order valence-corrected chi connectivity index (χ4v) is 3.67. The van der Waals surface area contributed by atoms with Crippen molar-refractivity contribution in [1.29, 1.82) is 0 Å². The molecule has 0 atom stereocenters. The van der Waals surface area contributed by atoms with Crippen LogP contribution in [0.2, 0.25) is 0 Å². The summed E-state index contributed by atoms with van der Waals surface area (Å²) in [6.07, 6.45) is 3.41. The highest BCUT2D eigenvalue weighted by molar-refractivity contribution is 7.15. The van der Waals surface area contributed by atoms with Crippen molar-refractivity contribution in [3.8, 4) is 23.1 Å². The first-order valence-electron chi connectivity index (χ1n) is 9.41. The van der Waals surface area contributed by atoms with E-state index in [-0.39, 0.29) is 12.3 Å². The molecule has 0 spiro atoms. The molecule has 0 radical (unpaired) electrons. The zero-order valence-electron chi connectivity index (χ0n) is 17.2. The molecule has 8 nitrogen and oxygen atoms in total. The third kappa shape index (κ3) is 4.72. The van der Waals surface area contributed by atoms with Gasteiger partial charge >= 0.3 is 0 Å². The van der Waals surface area contributed by atoms with Crippen molar-refractivity contribution in [3.05, 3.63) is 59.4 Å². The Hall–Kier alpha value is -3.72. The van der Waals surface area contributed by atoms with Crippen LogP contribution in [0.25, 0.3) is 10.9 Å². The van der Waals surface area contributed by atoms with Gasteiger partial charge in [0.15, 0.2) is 16.6 Å². The van der Waals surface area contributed by atoms with Gasteiger partial charge in [0.25, 0.3) is 0 Å². The number of aryl methyl sites for hydroxylation is 1. The Morgan fingerprint density at radius 2 is 1.77 bits per heavy atom. The molecule has 2 aromatic heterocycles. The molecule has 1 amide bonds. The van der Waals surface area contributed by atoms with E-state index in [1.807, 2.05) is 19.1 Å². The summed E-state index contributed by atoms with van der Waals surface area (Å²) in [4.78, 5) is 25.9. The topological polar surface area (TPSA) is 95.5 Å². The summed E-state index contributed by atoms with van der Waals surface area (Å²) in [5.41, 5.74) is 1.53. The Morgan fingerprint density at radius 3 is 2.45 bits per heavy atom. The van der Waals surface area contributed by atoms with Gasteiger partial charge in [-0.05, 0) is 30.7 Å². The Bertz CT molecular complexity index is 1220. The van der Waals surface area contributed by atoms with E-state index >= 15 is 0 Å². The van der Waals surface area contributed by atoms with Crippen LogP contribution >= 0.6 is 11.3 Å².